The highest BCUT2D eigenvalue weighted by molar-refractivity contribution is 5.80. The first-order valence-corrected chi connectivity index (χ1v) is 16.2. The lowest BCUT2D eigenvalue weighted by Gasteiger charge is -2.13. The predicted octanol–water partition coefficient (Wildman–Crippen LogP) is 10.6. The quantitative estimate of drug-likeness (QED) is 0.175. The fourth-order valence-corrected chi connectivity index (χ4v) is 5.95. The van der Waals surface area contributed by atoms with Crippen molar-refractivity contribution in [1.82, 2.24) is 24.9 Å². The van der Waals surface area contributed by atoms with Gasteiger partial charge >= 0.3 is 0 Å². The number of aromatic nitrogens is 5. The molecule has 0 spiro atoms. The fraction of sp³-hybridized carbons (Fsp3) is 0.0227. The van der Waals surface area contributed by atoms with Gasteiger partial charge in [0.25, 0.3) is 0 Å². The molecule has 5 heteroatoms. The molecule has 0 fully saturated rings. The second kappa shape index (κ2) is 13.3. The van der Waals surface area contributed by atoms with Crippen LogP contribution in [-0.4, -0.2) is 24.9 Å². The van der Waals surface area contributed by atoms with Gasteiger partial charge in [-0.15, -0.1) is 0 Å². The Labute approximate surface area is 285 Å². The summed E-state index contributed by atoms with van der Waals surface area (Å²) in [6.07, 6.45) is 1.82. The van der Waals surface area contributed by atoms with Gasteiger partial charge in [-0.3, -0.25) is 4.98 Å². The van der Waals surface area contributed by atoms with E-state index in [1.165, 1.54) is 5.56 Å². The molecular formula is C44H31N5. The van der Waals surface area contributed by atoms with Crippen LogP contribution in [0, 0.1) is 6.92 Å². The molecule has 0 saturated carbocycles. The van der Waals surface area contributed by atoms with E-state index in [-0.39, 0.29) is 0 Å². The Kier molecular flexibility index (Phi) is 8.06. The van der Waals surface area contributed by atoms with Gasteiger partial charge in [0.05, 0.1) is 17.1 Å². The lowest BCUT2D eigenvalue weighted by Crippen LogP contribution is -2.00. The Morgan fingerprint density at radius 3 is 1.31 bits per heavy atom. The smallest absolute Gasteiger partial charge is 0.164 e. The number of nitrogens with zero attached hydrogens (tertiary/aromatic N) is 5. The Morgan fingerprint density at radius 1 is 0.306 bits per heavy atom. The standard InChI is InChI=1S/C44H31N5/c1-30-25-40(32-13-5-2-6-14-32)46-41(26-30)33-22-20-31(21-23-33)36-27-37(39-19-11-12-24-45-39)29-38(28-36)44-48-42(34-15-7-3-8-16-34)47-43(49-44)35-17-9-4-10-18-35/h2-29H,1H3. The van der Waals surface area contributed by atoms with Crippen LogP contribution < -0.4 is 0 Å². The molecule has 0 aliphatic carbocycles. The van der Waals surface area contributed by atoms with Crippen LogP contribution in [0.15, 0.2) is 170 Å². The molecule has 0 aliphatic heterocycles. The molecule has 8 aromatic rings. The van der Waals surface area contributed by atoms with Crippen molar-refractivity contribution >= 4 is 0 Å². The molecule has 0 N–H and O–H groups in total. The third kappa shape index (κ3) is 6.51. The number of hydrogen-bond donors (Lipinski definition) is 0. The van der Waals surface area contributed by atoms with Crippen LogP contribution in [0.5, 0.6) is 0 Å². The fourth-order valence-electron chi connectivity index (χ4n) is 5.95. The SMILES string of the molecule is Cc1cc(-c2ccccc2)nc(-c2ccc(-c3cc(-c4ccccn4)cc(-c4nc(-c5ccccc5)nc(-c5ccccc5)n4)c3)cc2)c1. The molecule has 0 amide bonds. The van der Waals surface area contributed by atoms with Crippen molar-refractivity contribution in [2.75, 3.05) is 0 Å². The van der Waals surface area contributed by atoms with E-state index in [4.69, 9.17) is 19.9 Å². The maximum absolute atomic E-state index is 5.02. The third-order valence-electron chi connectivity index (χ3n) is 8.40. The minimum atomic E-state index is 0.598. The molecule has 5 nitrogen and oxygen atoms in total. The Morgan fingerprint density at radius 2 is 0.755 bits per heavy atom. The lowest BCUT2D eigenvalue weighted by molar-refractivity contribution is 1.07. The predicted molar refractivity (Wildman–Crippen MR) is 198 cm³/mol. The van der Waals surface area contributed by atoms with E-state index in [0.29, 0.717) is 17.5 Å². The van der Waals surface area contributed by atoms with Crippen molar-refractivity contribution in [2.45, 2.75) is 6.92 Å². The Bertz CT molecular complexity index is 2300. The summed E-state index contributed by atoms with van der Waals surface area (Å²) in [4.78, 5) is 24.6. The van der Waals surface area contributed by atoms with E-state index in [2.05, 4.69) is 78.6 Å². The van der Waals surface area contributed by atoms with Crippen molar-refractivity contribution in [1.29, 1.82) is 0 Å². The number of aryl methyl sites for hydroxylation is 1. The zero-order valence-electron chi connectivity index (χ0n) is 26.9. The maximum Gasteiger partial charge on any atom is 0.164 e. The molecule has 49 heavy (non-hydrogen) atoms. The van der Waals surface area contributed by atoms with E-state index in [1.807, 2.05) is 103 Å². The zero-order valence-corrected chi connectivity index (χ0v) is 26.9. The van der Waals surface area contributed by atoms with Crippen molar-refractivity contribution in [3.8, 4) is 79.1 Å². The highest BCUT2D eigenvalue weighted by Gasteiger charge is 2.15. The Balaban J connectivity index is 1.24. The minimum Gasteiger partial charge on any atom is -0.256 e. The summed E-state index contributed by atoms with van der Waals surface area (Å²) >= 11 is 0. The number of rotatable bonds is 7. The molecule has 0 unspecified atom stereocenters. The van der Waals surface area contributed by atoms with Gasteiger partial charge in [0, 0.05) is 39.6 Å². The van der Waals surface area contributed by atoms with Crippen molar-refractivity contribution in [3.05, 3.63) is 176 Å². The highest BCUT2D eigenvalue weighted by Crippen LogP contribution is 2.34. The first-order chi connectivity index (χ1) is 24.2. The minimum absolute atomic E-state index is 0.598. The summed E-state index contributed by atoms with van der Waals surface area (Å²) in [5, 5.41) is 0. The summed E-state index contributed by atoms with van der Waals surface area (Å²) in [6.45, 7) is 2.12. The van der Waals surface area contributed by atoms with Gasteiger partial charge < -0.3 is 0 Å². The van der Waals surface area contributed by atoms with Gasteiger partial charge in [-0.2, -0.15) is 0 Å². The van der Waals surface area contributed by atoms with E-state index >= 15 is 0 Å². The molecule has 3 aromatic heterocycles. The van der Waals surface area contributed by atoms with Crippen LogP contribution in [0.1, 0.15) is 5.56 Å². The van der Waals surface area contributed by atoms with Gasteiger partial charge in [0.15, 0.2) is 17.5 Å². The molecule has 232 valence electrons. The average Bonchev–Trinajstić information content (AvgIpc) is 3.19. The van der Waals surface area contributed by atoms with E-state index in [1.54, 1.807) is 0 Å². The number of pyridine rings is 2. The summed E-state index contributed by atoms with van der Waals surface area (Å²) < 4.78 is 0. The summed E-state index contributed by atoms with van der Waals surface area (Å²) in [6, 6.07) is 55.7. The summed E-state index contributed by atoms with van der Waals surface area (Å²) in [7, 11) is 0. The molecule has 5 aromatic carbocycles. The molecule has 3 heterocycles. The first-order valence-electron chi connectivity index (χ1n) is 16.2. The normalized spacial score (nSPS) is 11.0. The highest BCUT2D eigenvalue weighted by atomic mass is 15.0. The average molecular weight is 630 g/mol. The molecule has 0 aliphatic rings. The van der Waals surface area contributed by atoms with Crippen LogP contribution >= 0.6 is 0 Å². The Hall–Kier alpha value is -6.59. The molecule has 0 bridgehead atoms. The molecule has 0 radical (unpaired) electrons. The van der Waals surface area contributed by atoms with E-state index in [9.17, 15) is 0 Å². The molecule has 0 saturated heterocycles. The lowest BCUT2D eigenvalue weighted by atomic mass is 9.96. The maximum atomic E-state index is 5.02. The van der Waals surface area contributed by atoms with Crippen molar-refractivity contribution < 1.29 is 0 Å². The van der Waals surface area contributed by atoms with E-state index < -0.39 is 0 Å². The van der Waals surface area contributed by atoms with E-state index in [0.717, 1.165) is 61.6 Å². The molecular weight excluding hydrogens is 599 g/mol. The number of hydrogen-bond acceptors (Lipinski definition) is 5. The second-order valence-electron chi connectivity index (χ2n) is 11.9. The van der Waals surface area contributed by atoms with Crippen molar-refractivity contribution in [3.63, 3.8) is 0 Å². The second-order valence-corrected chi connectivity index (χ2v) is 11.9. The van der Waals surface area contributed by atoms with Gasteiger partial charge in [-0.05, 0) is 66.1 Å². The van der Waals surface area contributed by atoms with Crippen molar-refractivity contribution in [2.24, 2.45) is 0 Å². The van der Waals surface area contributed by atoms with Gasteiger partial charge in [0.2, 0.25) is 0 Å². The zero-order chi connectivity index (χ0) is 33.0. The summed E-state index contributed by atoms with van der Waals surface area (Å²) in [5.74, 6) is 1.85. The summed E-state index contributed by atoms with van der Waals surface area (Å²) in [5.41, 5.74) is 11.9. The van der Waals surface area contributed by atoms with Crippen LogP contribution in [0.25, 0.3) is 79.1 Å². The monoisotopic (exact) mass is 629 g/mol. The molecule has 8 rings (SSSR count). The first kappa shape index (κ1) is 29.8. The van der Waals surface area contributed by atoms with Crippen LogP contribution in [0.3, 0.4) is 0 Å². The van der Waals surface area contributed by atoms with Gasteiger partial charge in [-0.25, -0.2) is 19.9 Å². The van der Waals surface area contributed by atoms with Crippen LogP contribution in [-0.2, 0) is 0 Å². The van der Waals surface area contributed by atoms with Crippen LogP contribution in [0.2, 0.25) is 0 Å². The van der Waals surface area contributed by atoms with Gasteiger partial charge in [0.1, 0.15) is 0 Å². The van der Waals surface area contributed by atoms with Gasteiger partial charge in [-0.1, -0.05) is 121 Å². The molecule has 0 atom stereocenters. The third-order valence-corrected chi connectivity index (χ3v) is 8.40. The topological polar surface area (TPSA) is 64.5 Å². The largest absolute Gasteiger partial charge is 0.256 e. The number of benzene rings is 5. The van der Waals surface area contributed by atoms with Crippen LogP contribution in [0.4, 0.5) is 0 Å².